The van der Waals surface area contributed by atoms with Crippen LogP contribution in [0.25, 0.3) is 5.69 Å². The van der Waals surface area contributed by atoms with Gasteiger partial charge in [0, 0.05) is 0 Å². The van der Waals surface area contributed by atoms with E-state index in [-0.39, 0.29) is 0 Å². The van der Waals surface area contributed by atoms with Gasteiger partial charge in [-0.05, 0) is 37.5 Å². The first-order chi connectivity index (χ1) is 8.17. The zero-order valence-corrected chi connectivity index (χ0v) is 10.2. The van der Waals surface area contributed by atoms with Crippen LogP contribution in [-0.4, -0.2) is 15.0 Å². The van der Waals surface area contributed by atoms with Crippen molar-refractivity contribution in [2.24, 2.45) is 0 Å². The molecular weight excluding hydrogens is 212 g/mol. The molecule has 2 rings (SSSR count). The molecule has 4 nitrogen and oxygen atoms in total. The first kappa shape index (κ1) is 11.3. The molecule has 0 saturated carbocycles. The molecule has 4 heteroatoms. The van der Waals surface area contributed by atoms with Gasteiger partial charge in [-0.25, -0.2) is 4.68 Å². The van der Waals surface area contributed by atoms with Crippen LogP contribution in [0, 0.1) is 25.2 Å². The summed E-state index contributed by atoms with van der Waals surface area (Å²) in [4.78, 5) is 0. The molecule has 17 heavy (non-hydrogen) atoms. The lowest BCUT2D eigenvalue weighted by molar-refractivity contribution is 0.762. The Morgan fingerprint density at radius 3 is 2.76 bits per heavy atom. The summed E-state index contributed by atoms with van der Waals surface area (Å²) in [5.74, 6) is 0. The van der Waals surface area contributed by atoms with Gasteiger partial charge in [-0.1, -0.05) is 24.3 Å². The molecule has 1 aromatic carbocycles. The molecular formula is C13H14N4. The SMILES string of the molecule is CCc1c(C#N)nnn1-c1cc(C)ccc1C. The van der Waals surface area contributed by atoms with Crippen molar-refractivity contribution < 1.29 is 0 Å². The second-order valence-corrected chi connectivity index (χ2v) is 4.05. The van der Waals surface area contributed by atoms with E-state index in [1.54, 1.807) is 4.68 Å². The number of aromatic nitrogens is 3. The molecule has 0 unspecified atom stereocenters. The summed E-state index contributed by atoms with van der Waals surface area (Å²) >= 11 is 0. The Morgan fingerprint density at radius 2 is 2.12 bits per heavy atom. The summed E-state index contributed by atoms with van der Waals surface area (Å²) in [6.07, 6.45) is 0.739. The Hall–Kier alpha value is -2.15. The lowest BCUT2D eigenvalue weighted by Crippen LogP contribution is -2.04. The van der Waals surface area contributed by atoms with E-state index in [1.165, 1.54) is 5.56 Å². The molecule has 0 spiro atoms. The van der Waals surface area contributed by atoms with Crippen molar-refractivity contribution in [2.45, 2.75) is 27.2 Å². The number of hydrogen-bond acceptors (Lipinski definition) is 3. The normalized spacial score (nSPS) is 10.2. The first-order valence-corrected chi connectivity index (χ1v) is 5.59. The molecule has 0 fully saturated rings. The highest BCUT2D eigenvalue weighted by atomic mass is 15.4. The van der Waals surface area contributed by atoms with Crippen LogP contribution < -0.4 is 0 Å². The molecule has 0 bridgehead atoms. The van der Waals surface area contributed by atoms with Gasteiger partial charge in [-0.15, -0.1) is 5.10 Å². The molecule has 0 aliphatic carbocycles. The molecule has 0 aliphatic rings. The summed E-state index contributed by atoms with van der Waals surface area (Å²) < 4.78 is 1.76. The van der Waals surface area contributed by atoms with Gasteiger partial charge in [0.25, 0.3) is 0 Å². The van der Waals surface area contributed by atoms with Gasteiger partial charge in [0.05, 0.1) is 11.4 Å². The van der Waals surface area contributed by atoms with Crippen LogP contribution in [0.5, 0.6) is 0 Å². The quantitative estimate of drug-likeness (QED) is 0.789. The maximum atomic E-state index is 8.97. The Kier molecular flexibility index (Phi) is 2.92. The third kappa shape index (κ3) is 1.92. The molecule has 1 heterocycles. The zero-order valence-electron chi connectivity index (χ0n) is 10.2. The Bertz CT molecular complexity index is 590. The van der Waals surface area contributed by atoms with Crippen LogP contribution >= 0.6 is 0 Å². The van der Waals surface area contributed by atoms with Gasteiger partial charge in [0.1, 0.15) is 6.07 Å². The fourth-order valence-electron chi connectivity index (χ4n) is 1.85. The summed E-state index contributed by atoms with van der Waals surface area (Å²) in [5, 5.41) is 16.9. The van der Waals surface area contributed by atoms with Crippen LogP contribution in [-0.2, 0) is 6.42 Å². The zero-order chi connectivity index (χ0) is 12.4. The maximum Gasteiger partial charge on any atom is 0.186 e. The summed E-state index contributed by atoms with van der Waals surface area (Å²) in [6.45, 7) is 6.07. The van der Waals surface area contributed by atoms with Gasteiger partial charge in [0.2, 0.25) is 0 Å². The minimum absolute atomic E-state index is 0.411. The van der Waals surface area contributed by atoms with Crippen LogP contribution in [0.15, 0.2) is 18.2 Å². The lowest BCUT2D eigenvalue weighted by atomic mass is 10.1. The first-order valence-electron chi connectivity index (χ1n) is 5.59. The van der Waals surface area contributed by atoms with Crippen molar-refractivity contribution in [3.8, 4) is 11.8 Å². The van der Waals surface area contributed by atoms with E-state index >= 15 is 0 Å². The van der Waals surface area contributed by atoms with Gasteiger partial charge in [0.15, 0.2) is 5.69 Å². The average molecular weight is 226 g/mol. The van der Waals surface area contributed by atoms with Crippen molar-refractivity contribution in [1.29, 1.82) is 5.26 Å². The lowest BCUT2D eigenvalue weighted by Gasteiger charge is -2.09. The van der Waals surface area contributed by atoms with Crippen LogP contribution in [0.2, 0.25) is 0 Å². The summed E-state index contributed by atoms with van der Waals surface area (Å²) in [7, 11) is 0. The van der Waals surface area contributed by atoms with Gasteiger partial charge in [-0.3, -0.25) is 0 Å². The third-order valence-corrected chi connectivity index (χ3v) is 2.80. The van der Waals surface area contributed by atoms with Crippen LogP contribution in [0.4, 0.5) is 0 Å². The smallest absolute Gasteiger partial charge is 0.186 e. The Morgan fingerprint density at radius 1 is 1.35 bits per heavy atom. The van der Waals surface area contributed by atoms with E-state index in [0.29, 0.717) is 5.69 Å². The monoisotopic (exact) mass is 226 g/mol. The molecule has 86 valence electrons. The van der Waals surface area contributed by atoms with Crippen molar-refractivity contribution in [3.05, 3.63) is 40.7 Å². The number of rotatable bonds is 2. The largest absolute Gasteiger partial charge is 0.216 e. The molecule has 0 amide bonds. The van der Waals surface area contributed by atoms with E-state index in [2.05, 4.69) is 34.6 Å². The van der Waals surface area contributed by atoms with Crippen molar-refractivity contribution in [2.75, 3.05) is 0 Å². The predicted molar refractivity (Wildman–Crippen MR) is 64.9 cm³/mol. The van der Waals surface area contributed by atoms with E-state index < -0.39 is 0 Å². The highest BCUT2D eigenvalue weighted by Crippen LogP contribution is 2.18. The number of benzene rings is 1. The molecule has 0 N–H and O–H groups in total. The summed E-state index contributed by atoms with van der Waals surface area (Å²) in [5.41, 5.74) is 4.56. The molecule has 1 aromatic heterocycles. The number of aryl methyl sites for hydroxylation is 2. The van der Waals surface area contributed by atoms with Crippen molar-refractivity contribution >= 4 is 0 Å². The molecule has 0 atom stereocenters. The fourth-order valence-corrected chi connectivity index (χ4v) is 1.85. The second kappa shape index (κ2) is 4.38. The maximum absolute atomic E-state index is 8.97. The second-order valence-electron chi connectivity index (χ2n) is 4.05. The summed E-state index contributed by atoms with van der Waals surface area (Å²) in [6, 6.07) is 8.25. The number of nitrogens with zero attached hydrogens (tertiary/aromatic N) is 4. The average Bonchev–Trinajstić information content (AvgIpc) is 2.74. The third-order valence-electron chi connectivity index (χ3n) is 2.80. The van der Waals surface area contributed by atoms with Gasteiger partial charge >= 0.3 is 0 Å². The van der Waals surface area contributed by atoms with E-state index in [0.717, 1.165) is 23.4 Å². The Balaban J connectivity index is 2.65. The standard InChI is InChI=1S/C13H14N4/c1-4-12-11(8-14)15-16-17(12)13-7-9(2)5-6-10(13)3/h5-7H,4H2,1-3H3. The molecule has 0 saturated heterocycles. The molecule has 2 aromatic rings. The molecule has 0 aliphatic heterocycles. The molecule has 0 radical (unpaired) electrons. The highest BCUT2D eigenvalue weighted by molar-refractivity contribution is 5.44. The predicted octanol–water partition coefficient (Wildman–Crippen LogP) is 2.32. The minimum atomic E-state index is 0.411. The van der Waals surface area contributed by atoms with Crippen molar-refractivity contribution in [3.63, 3.8) is 0 Å². The van der Waals surface area contributed by atoms with Gasteiger partial charge < -0.3 is 0 Å². The van der Waals surface area contributed by atoms with Gasteiger partial charge in [-0.2, -0.15) is 5.26 Å². The fraction of sp³-hybridized carbons (Fsp3) is 0.308. The Labute approximate surface area is 101 Å². The van der Waals surface area contributed by atoms with E-state index in [1.807, 2.05) is 20.8 Å². The number of nitriles is 1. The van der Waals surface area contributed by atoms with E-state index in [4.69, 9.17) is 5.26 Å². The van der Waals surface area contributed by atoms with Crippen LogP contribution in [0.1, 0.15) is 29.4 Å². The minimum Gasteiger partial charge on any atom is -0.216 e. The topological polar surface area (TPSA) is 54.5 Å². The van der Waals surface area contributed by atoms with Crippen LogP contribution in [0.3, 0.4) is 0 Å². The van der Waals surface area contributed by atoms with Crippen molar-refractivity contribution in [1.82, 2.24) is 15.0 Å². The number of hydrogen-bond donors (Lipinski definition) is 0. The van der Waals surface area contributed by atoms with E-state index in [9.17, 15) is 0 Å². The highest BCUT2D eigenvalue weighted by Gasteiger charge is 2.13.